The van der Waals surface area contributed by atoms with Crippen molar-refractivity contribution in [1.82, 2.24) is 5.32 Å². The molecule has 0 radical (unpaired) electrons. The van der Waals surface area contributed by atoms with Gasteiger partial charge in [0.1, 0.15) is 6.61 Å². The van der Waals surface area contributed by atoms with Gasteiger partial charge < -0.3 is 10.1 Å². The summed E-state index contributed by atoms with van der Waals surface area (Å²) in [6.07, 6.45) is 9.05. The minimum Gasteiger partial charge on any atom is -0.475 e. The van der Waals surface area contributed by atoms with Crippen LogP contribution in [0.15, 0.2) is 12.1 Å². The molecule has 1 fully saturated rings. The summed E-state index contributed by atoms with van der Waals surface area (Å²) in [5.74, 6) is -0.775. The molecule has 2 rings (SSSR count). The van der Waals surface area contributed by atoms with Gasteiger partial charge in [0.05, 0.1) is 0 Å². The molecule has 0 bridgehead atoms. The smallest absolute Gasteiger partial charge is 0.251 e. The SMILES string of the molecule is C#CCOc1c(F)cc(C(=O)NC2CCCCC2(C)C)cc1F. The van der Waals surface area contributed by atoms with E-state index in [1.54, 1.807) is 0 Å². The molecule has 0 spiro atoms. The van der Waals surface area contributed by atoms with Crippen LogP contribution in [0.3, 0.4) is 0 Å². The third kappa shape index (κ3) is 4.01. The second kappa shape index (κ2) is 6.99. The van der Waals surface area contributed by atoms with E-state index in [-0.39, 0.29) is 23.6 Å². The molecular formula is C18H21F2NO2. The summed E-state index contributed by atoms with van der Waals surface area (Å²) in [6, 6.07) is 1.94. The van der Waals surface area contributed by atoms with E-state index in [0.29, 0.717) is 0 Å². The molecular weight excluding hydrogens is 300 g/mol. The van der Waals surface area contributed by atoms with Gasteiger partial charge in [-0.25, -0.2) is 8.78 Å². The molecule has 0 aromatic heterocycles. The van der Waals surface area contributed by atoms with Crippen LogP contribution in [0.2, 0.25) is 0 Å². The van der Waals surface area contributed by atoms with Crippen molar-refractivity contribution in [1.29, 1.82) is 0 Å². The number of halogens is 2. The van der Waals surface area contributed by atoms with Crippen LogP contribution in [-0.2, 0) is 0 Å². The maximum absolute atomic E-state index is 13.9. The first-order valence-electron chi connectivity index (χ1n) is 7.71. The van der Waals surface area contributed by atoms with Gasteiger partial charge in [0.2, 0.25) is 0 Å². The first-order chi connectivity index (χ1) is 10.8. The molecule has 1 amide bonds. The zero-order valence-electron chi connectivity index (χ0n) is 13.4. The lowest BCUT2D eigenvalue weighted by molar-refractivity contribution is 0.0852. The zero-order valence-corrected chi connectivity index (χ0v) is 13.4. The van der Waals surface area contributed by atoms with Gasteiger partial charge in [-0.1, -0.05) is 32.6 Å². The van der Waals surface area contributed by atoms with E-state index >= 15 is 0 Å². The van der Waals surface area contributed by atoms with Crippen molar-refractivity contribution < 1.29 is 18.3 Å². The van der Waals surface area contributed by atoms with E-state index in [1.807, 2.05) is 0 Å². The Kier molecular flexibility index (Phi) is 5.25. The normalized spacial score (nSPS) is 19.7. The number of terminal acetylenes is 1. The van der Waals surface area contributed by atoms with Gasteiger partial charge >= 0.3 is 0 Å². The topological polar surface area (TPSA) is 38.3 Å². The number of benzene rings is 1. The molecule has 5 heteroatoms. The quantitative estimate of drug-likeness (QED) is 0.859. The van der Waals surface area contributed by atoms with E-state index in [4.69, 9.17) is 11.2 Å². The number of carbonyl (C=O) groups excluding carboxylic acids is 1. The standard InChI is InChI=1S/C18H21F2NO2/c1-4-9-23-16-13(19)10-12(11-14(16)20)17(22)21-15-7-5-6-8-18(15,2)3/h1,10-11,15H,5-9H2,2-3H3,(H,21,22). The van der Waals surface area contributed by atoms with Gasteiger partial charge in [-0.05, 0) is 30.4 Å². The predicted molar refractivity (Wildman–Crippen MR) is 84.2 cm³/mol. The van der Waals surface area contributed by atoms with Crippen LogP contribution in [0.1, 0.15) is 49.9 Å². The molecule has 0 heterocycles. The van der Waals surface area contributed by atoms with E-state index in [9.17, 15) is 13.6 Å². The Bertz CT molecular complexity index is 611. The summed E-state index contributed by atoms with van der Waals surface area (Å²) in [6.45, 7) is 3.94. The number of carbonyl (C=O) groups is 1. The van der Waals surface area contributed by atoms with Gasteiger partial charge in [-0.15, -0.1) is 6.42 Å². The van der Waals surface area contributed by atoms with Crippen molar-refractivity contribution in [2.24, 2.45) is 5.41 Å². The van der Waals surface area contributed by atoms with Crippen LogP contribution in [0.5, 0.6) is 5.75 Å². The summed E-state index contributed by atoms with van der Waals surface area (Å²) in [5.41, 5.74) is -0.0876. The zero-order chi connectivity index (χ0) is 17.0. The molecule has 1 unspecified atom stereocenters. The van der Waals surface area contributed by atoms with Crippen molar-refractivity contribution in [2.45, 2.75) is 45.6 Å². The third-order valence-corrected chi connectivity index (χ3v) is 4.37. The fourth-order valence-electron chi connectivity index (χ4n) is 2.95. The Morgan fingerprint density at radius 1 is 1.39 bits per heavy atom. The maximum atomic E-state index is 13.9. The summed E-state index contributed by atoms with van der Waals surface area (Å²) >= 11 is 0. The highest BCUT2D eigenvalue weighted by atomic mass is 19.1. The molecule has 1 aromatic carbocycles. The van der Waals surface area contributed by atoms with E-state index in [0.717, 1.165) is 37.8 Å². The van der Waals surface area contributed by atoms with E-state index in [2.05, 4.69) is 25.1 Å². The molecule has 1 atom stereocenters. The number of amides is 1. The van der Waals surface area contributed by atoms with Gasteiger partial charge in [-0.2, -0.15) is 0 Å². The molecule has 23 heavy (non-hydrogen) atoms. The fraction of sp³-hybridized carbons (Fsp3) is 0.500. The van der Waals surface area contributed by atoms with Crippen LogP contribution in [0.25, 0.3) is 0 Å². The molecule has 1 saturated carbocycles. The first-order valence-corrected chi connectivity index (χ1v) is 7.71. The molecule has 0 saturated heterocycles. The minimum absolute atomic E-state index is 0.00719. The Morgan fingerprint density at radius 2 is 2.04 bits per heavy atom. The fourth-order valence-corrected chi connectivity index (χ4v) is 2.95. The average Bonchev–Trinajstić information content (AvgIpc) is 2.48. The summed E-state index contributed by atoms with van der Waals surface area (Å²) in [7, 11) is 0. The number of nitrogens with one attached hydrogen (secondary N) is 1. The predicted octanol–water partition coefficient (Wildman–Crippen LogP) is 3.68. The summed E-state index contributed by atoms with van der Waals surface area (Å²) < 4.78 is 32.6. The van der Waals surface area contributed by atoms with Gasteiger partial charge in [-0.3, -0.25) is 4.79 Å². The summed E-state index contributed by atoms with van der Waals surface area (Å²) in [4.78, 5) is 12.3. The number of rotatable bonds is 4. The molecule has 1 aromatic rings. The lowest BCUT2D eigenvalue weighted by Crippen LogP contribution is -2.46. The van der Waals surface area contributed by atoms with E-state index in [1.165, 1.54) is 0 Å². The van der Waals surface area contributed by atoms with Gasteiger partial charge in [0.15, 0.2) is 17.4 Å². The second-order valence-corrected chi connectivity index (χ2v) is 6.52. The van der Waals surface area contributed by atoms with Crippen LogP contribution in [0.4, 0.5) is 8.78 Å². The Balaban J connectivity index is 2.15. The first kappa shape index (κ1) is 17.3. The monoisotopic (exact) mass is 321 g/mol. The van der Waals surface area contributed by atoms with Crippen molar-refractivity contribution in [3.63, 3.8) is 0 Å². The van der Waals surface area contributed by atoms with Crippen LogP contribution >= 0.6 is 0 Å². The van der Waals surface area contributed by atoms with Gasteiger partial charge in [0, 0.05) is 11.6 Å². The highest BCUT2D eigenvalue weighted by molar-refractivity contribution is 5.94. The number of hydrogen-bond acceptors (Lipinski definition) is 2. The third-order valence-electron chi connectivity index (χ3n) is 4.37. The van der Waals surface area contributed by atoms with Crippen molar-refractivity contribution >= 4 is 5.91 Å². The van der Waals surface area contributed by atoms with E-state index < -0.39 is 23.3 Å². The largest absolute Gasteiger partial charge is 0.475 e. The van der Waals surface area contributed by atoms with Crippen LogP contribution in [0, 0.1) is 29.4 Å². The van der Waals surface area contributed by atoms with Crippen LogP contribution in [-0.4, -0.2) is 18.6 Å². The number of hydrogen-bond donors (Lipinski definition) is 1. The summed E-state index contributed by atoms with van der Waals surface area (Å²) in [5, 5.41) is 2.90. The Labute approximate surface area is 135 Å². The molecule has 1 aliphatic rings. The lowest BCUT2D eigenvalue weighted by atomic mass is 9.73. The van der Waals surface area contributed by atoms with Crippen molar-refractivity contribution in [2.75, 3.05) is 6.61 Å². The highest BCUT2D eigenvalue weighted by Gasteiger charge is 2.33. The van der Waals surface area contributed by atoms with Crippen molar-refractivity contribution in [3.8, 4) is 18.1 Å². The molecule has 1 aliphatic carbocycles. The lowest BCUT2D eigenvalue weighted by Gasteiger charge is -2.39. The van der Waals surface area contributed by atoms with Gasteiger partial charge in [0.25, 0.3) is 5.91 Å². The molecule has 1 N–H and O–H groups in total. The molecule has 3 nitrogen and oxygen atoms in total. The Hall–Kier alpha value is -2.09. The second-order valence-electron chi connectivity index (χ2n) is 6.52. The Morgan fingerprint density at radius 3 is 2.61 bits per heavy atom. The molecule has 124 valence electrons. The molecule has 0 aliphatic heterocycles. The maximum Gasteiger partial charge on any atom is 0.251 e. The van der Waals surface area contributed by atoms with Crippen molar-refractivity contribution in [3.05, 3.63) is 29.3 Å². The minimum atomic E-state index is -0.937. The highest BCUT2D eigenvalue weighted by Crippen LogP contribution is 2.35. The average molecular weight is 321 g/mol. The van der Waals surface area contributed by atoms with Crippen LogP contribution < -0.4 is 10.1 Å². The number of ether oxygens (including phenoxy) is 1.